The first-order chi connectivity index (χ1) is 15.2. The van der Waals surface area contributed by atoms with Crippen molar-refractivity contribution in [3.63, 3.8) is 0 Å². The maximum Gasteiger partial charge on any atom is 0.116 e. The minimum Gasteiger partial charge on any atom is -0.241 e. The number of fused-ring (bicyclic) bond motifs is 5. The third-order valence-electron chi connectivity index (χ3n) is 6.34. The monoisotopic (exact) mass is 424 g/mol. The molecule has 1 aromatic heterocycles. The van der Waals surface area contributed by atoms with Gasteiger partial charge in [0.15, 0.2) is 0 Å². The predicted octanol–water partition coefficient (Wildman–Crippen LogP) is 7.57. The van der Waals surface area contributed by atoms with Gasteiger partial charge in [0.1, 0.15) is 6.33 Å². The van der Waals surface area contributed by atoms with E-state index in [4.69, 9.17) is 11.6 Å². The summed E-state index contributed by atoms with van der Waals surface area (Å²) in [5, 5.41) is 3.86. The van der Waals surface area contributed by atoms with Gasteiger partial charge >= 0.3 is 0 Å². The maximum absolute atomic E-state index is 5.95. The van der Waals surface area contributed by atoms with Gasteiger partial charge in [0.2, 0.25) is 0 Å². The summed E-state index contributed by atoms with van der Waals surface area (Å²) in [5.74, 6) is 0.588. The summed E-state index contributed by atoms with van der Waals surface area (Å²) in [7, 11) is 0. The zero-order valence-electron chi connectivity index (χ0n) is 17.7. The quantitative estimate of drug-likeness (QED) is 0.294. The van der Waals surface area contributed by atoms with Gasteiger partial charge in [-0.25, -0.2) is 9.97 Å². The molecular weight excluding hydrogens is 400 g/mol. The van der Waals surface area contributed by atoms with E-state index < -0.39 is 0 Å². The largest absolute Gasteiger partial charge is 0.241 e. The van der Waals surface area contributed by atoms with Gasteiger partial charge < -0.3 is 0 Å². The van der Waals surface area contributed by atoms with E-state index in [1.165, 1.54) is 58.7 Å². The highest BCUT2D eigenvalue weighted by Gasteiger charge is 2.20. The molecule has 0 fully saturated rings. The van der Waals surface area contributed by atoms with Crippen molar-refractivity contribution < 1.29 is 0 Å². The van der Waals surface area contributed by atoms with Crippen molar-refractivity contribution in [1.82, 2.24) is 9.97 Å². The van der Waals surface area contributed by atoms with Crippen molar-refractivity contribution in [3.8, 4) is 0 Å². The normalized spacial score (nSPS) is 14.8. The molecule has 0 radical (unpaired) electrons. The summed E-state index contributed by atoms with van der Waals surface area (Å²) in [6.07, 6.45) is 11.1. The fourth-order valence-electron chi connectivity index (χ4n) is 4.71. The summed E-state index contributed by atoms with van der Waals surface area (Å²) in [6, 6.07) is 19.2. The molecule has 0 aliphatic heterocycles. The van der Waals surface area contributed by atoms with E-state index in [1.807, 2.05) is 31.2 Å². The van der Waals surface area contributed by atoms with Crippen molar-refractivity contribution in [1.29, 1.82) is 0 Å². The summed E-state index contributed by atoms with van der Waals surface area (Å²) in [6.45, 7) is 1.99. The lowest BCUT2D eigenvalue weighted by Gasteiger charge is -2.25. The number of nitrogens with zero attached hydrogens (tertiary/aromatic N) is 2. The molecule has 0 N–H and O–H groups in total. The van der Waals surface area contributed by atoms with E-state index >= 15 is 0 Å². The number of aryl methyl sites for hydroxylation is 2. The number of allylic oxidation sites excluding steroid dienone is 4. The second-order valence-electron chi connectivity index (χ2n) is 8.22. The Morgan fingerprint density at radius 2 is 1.81 bits per heavy atom. The molecule has 2 nitrogen and oxygen atoms in total. The topological polar surface area (TPSA) is 25.8 Å². The van der Waals surface area contributed by atoms with E-state index in [2.05, 4.69) is 52.5 Å². The van der Waals surface area contributed by atoms with Crippen LogP contribution in [0.5, 0.6) is 0 Å². The zero-order chi connectivity index (χ0) is 21.2. The molecular formula is C28H25ClN2. The van der Waals surface area contributed by atoms with Gasteiger partial charge in [0.25, 0.3) is 0 Å². The van der Waals surface area contributed by atoms with Crippen LogP contribution >= 0.6 is 11.6 Å². The number of para-hydroxylation sites is 1. The summed E-state index contributed by atoms with van der Waals surface area (Å²) < 4.78 is 0. The molecule has 0 unspecified atom stereocenters. The highest BCUT2D eigenvalue weighted by molar-refractivity contribution is 6.17. The van der Waals surface area contributed by atoms with Crippen LogP contribution in [0.2, 0.25) is 0 Å². The van der Waals surface area contributed by atoms with Gasteiger partial charge in [-0.05, 0) is 77.8 Å². The van der Waals surface area contributed by atoms with Crippen molar-refractivity contribution in [3.05, 3.63) is 101 Å². The van der Waals surface area contributed by atoms with E-state index in [1.54, 1.807) is 11.9 Å². The lowest BCUT2D eigenvalue weighted by atomic mass is 9.79. The fraction of sp³-hybridized carbons (Fsp3) is 0.214. The molecule has 1 heterocycles. The molecule has 0 saturated carbocycles. The first-order valence-corrected chi connectivity index (χ1v) is 11.4. The Balaban J connectivity index is 0.000000157. The number of benzene rings is 3. The molecule has 0 amide bonds. The Kier molecular flexibility index (Phi) is 5.57. The second-order valence-corrected chi connectivity index (χ2v) is 8.48. The van der Waals surface area contributed by atoms with Gasteiger partial charge in [-0.3, -0.25) is 0 Å². The van der Waals surface area contributed by atoms with Crippen LogP contribution in [-0.2, 0) is 12.3 Å². The van der Waals surface area contributed by atoms with Gasteiger partial charge in [-0.15, -0.1) is 11.6 Å². The molecule has 154 valence electrons. The number of alkyl halides is 1. The maximum atomic E-state index is 5.95. The molecule has 31 heavy (non-hydrogen) atoms. The first-order valence-electron chi connectivity index (χ1n) is 10.9. The molecule has 2 aliphatic carbocycles. The van der Waals surface area contributed by atoms with Crippen LogP contribution < -0.4 is 0 Å². The van der Waals surface area contributed by atoms with Gasteiger partial charge in [0, 0.05) is 17.0 Å². The molecule has 3 aromatic carbocycles. The van der Waals surface area contributed by atoms with Crippen LogP contribution in [0.4, 0.5) is 0 Å². The molecule has 4 aromatic rings. The summed E-state index contributed by atoms with van der Waals surface area (Å²) in [4.78, 5) is 8.23. The van der Waals surface area contributed by atoms with Crippen LogP contribution in [0.25, 0.3) is 27.2 Å². The van der Waals surface area contributed by atoms with E-state index in [0.717, 1.165) is 16.6 Å². The molecule has 0 spiro atoms. The van der Waals surface area contributed by atoms with Crippen LogP contribution in [0.1, 0.15) is 41.6 Å². The van der Waals surface area contributed by atoms with Crippen molar-refractivity contribution >= 4 is 38.8 Å². The van der Waals surface area contributed by atoms with Crippen LogP contribution in [-0.4, -0.2) is 9.97 Å². The molecule has 6 rings (SSSR count). The summed E-state index contributed by atoms with van der Waals surface area (Å²) >= 11 is 5.95. The highest BCUT2D eigenvalue weighted by atomic mass is 35.5. The molecule has 3 heteroatoms. The van der Waals surface area contributed by atoms with Crippen molar-refractivity contribution in [2.45, 2.75) is 38.5 Å². The number of hydrogen-bond donors (Lipinski definition) is 0. The highest BCUT2D eigenvalue weighted by Crippen LogP contribution is 2.39. The smallest absolute Gasteiger partial charge is 0.116 e. The Labute approximate surface area is 188 Å². The fourth-order valence-corrected chi connectivity index (χ4v) is 4.88. The molecule has 2 aliphatic rings. The van der Waals surface area contributed by atoms with Gasteiger partial charge in [0.05, 0.1) is 5.52 Å². The SMILES string of the molecule is Cc1ncnc2ccccc12.ClCc1ccc2c3c(ccc2c1)C1=C(CCC=C1)CC3. The Morgan fingerprint density at radius 3 is 2.68 bits per heavy atom. The number of aromatic nitrogens is 2. The number of rotatable bonds is 1. The van der Waals surface area contributed by atoms with E-state index in [-0.39, 0.29) is 0 Å². The second kappa shape index (κ2) is 8.64. The molecule has 0 bridgehead atoms. The minimum atomic E-state index is 0.588. The van der Waals surface area contributed by atoms with E-state index in [9.17, 15) is 0 Å². The average molecular weight is 425 g/mol. The lowest BCUT2D eigenvalue weighted by Crippen LogP contribution is -2.07. The third-order valence-corrected chi connectivity index (χ3v) is 6.65. The van der Waals surface area contributed by atoms with Crippen LogP contribution in [0.3, 0.4) is 0 Å². The third kappa shape index (κ3) is 3.88. The lowest BCUT2D eigenvalue weighted by molar-refractivity contribution is 0.831. The van der Waals surface area contributed by atoms with Crippen molar-refractivity contribution in [2.75, 3.05) is 0 Å². The minimum absolute atomic E-state index is 0.588. The van der Waals surface area contributed by atoms with Crippen LogP contribution in [0, 0.1) is 6.92 Å². The zero-order valence-corrected chi connectivity index (χ0v) is 18.5. The van der Waals surface area contributed by atoms with Crippen molar-refractivity contribution in [2.24, 2.45) is 0 Å². The van der Waals surface area contributed by atoms with Crippen LogP contribution in [0.15, 0.2) is 78.6 Å². The molecule has 0 saturated heterocycles. The Morgan fingerprint density at radius 1 is 0.903 bits per heavy atom. The number of halogens is 1. The van der Waals surface area contributed by atoms with E-state index in [0.29, 0.717) is 5.88 Å². The standard InChI is InChI=1S/C19H17Cl.C9H8N2/c20-12-13-5-8-17-15(11-13)7-10-18-16-4-2-1-3-14(16)6-9-19(17)18;1-7-8-4-2-3-5-9(8)11-6-10-7/h2,4-5,7-8,10-11H,1,3,6,9,12H2;2-6H,1H3. The Bertz CT molecular complexity index is 1330. The van der Waals surface area contributed by atoms with Gasteiger partial charge in [-0.2, -0.15) is 0 Å². The summed E-state index contributed by atoms with van der Waals surface area (Å²) in [5.41, 5.74) is 9.36. The predicted molar refractivity (Wildman–Crippen MR) is 131 cm³/mol. The first kappa shape index (κ1) is 20.0. The number of hydrogen-bond acceptors (Lipinski definition) is 2. The van der Waals surface area contributed by atoms with Gasteiger partial charge in [-0.1, -0.05) is 60.2 Å². The Hall–Kier alpha value is -2.97. The average Bonchev–Trinajstić information content (AvgIpc) is 2.84. The molecule has 0 atom stereocenters.